The van der Waals surface area contributed by atoms with Crippen molar-refractivity contribution < 1.29 is 5.11 Å². The summed E-state index contributed by atoms with van der Waals surface area (Å²) in [5, 5.41) is 10.2. The molecular formula is C22H28ClN7O. The lowest BCUT2D eigenvalue weighted by Crippen LogP contribution is -2.46. The molecule has 2 aliphatic rings. The lowest BCUT2D eigenvalue weighted by atomic mass is 9.99. The van der Waals surface area contributed by atoms with Crippen LogP contribution in [0.15, 0.2) is 36.9 Å². The third-order valence-corrected chi connectivity index (χ3v) is 6.51. The Hall–Kier alpha value is -2.42. The molecule has 164 valence electrons. The van der Waals surface area contributed by atoms with E-state index in [-0.39, 0.29) is 6.61 Å². The molecule has 31 heavy (non-hydrogen) atoms. The second-order valence-electron chi connectivity index (χ2n) is 8.48. The van der Waals surface area contributed by atoms with Crippen molar-refractivity contribution in [3.63, 3.8) is 0 Å². The van der Waals surface area contributed by atoms with Gasteiger partial charge in [0.25, 0.3) is 0 Å². The van der Waals surface area contributed by atoms with Gasteiger partial charge in [0.2, 0.25) is 0 Å². The number of piperidine rings is 1. The van der Waals surface area contributed by atoms with Gasteiger partial charge in [-0.3, -0.25) is 4.90 Å². The lowest BCUT2D eigenvalue weighted by Gasteiger charge is -2.36. The minimum Gasteiger partial charge on any atom is -0.396 e. The molecule has 9 heteroatoms. The van der Waals surface area contributed by atoms with Gasteiger partial charge in [0.15, 0.2) is 0 Å². The molecule has 0 amide bonds. The number of aliphatic hydroxyl groups excluding tert-OH is 1. The zero-order valence-electron chi connectivity index (χ0n) is 17.6. The first-order valence-electron chi connectivity index (χ1n) is 11.0. The van der Waals surface area contributed by atoms with Crippen molar-refractivity contribution >= 4 is 28.9 Å². The molecule has 0 aliphatic carbocycles. The number of anilines is 2. The standard InChI is InChI=1S/C22H28ClN7O/c23-18-3-4-20-26-19(14-30(20)12-18)13-27-6-8-28(9-7-27)21-10-22(25-16-24-21)29-5-1-2-17(11-29)15-31/h3-4,10,12,14,16-17,31H,1-2,5-9,11,13,15H2. The summed E-state index contributed by atoms with van der Waals surface area (Å²) < 4.78 is 1.98. The molecule has 1 N–H and O–H groups in total. The Morgan fingerprint density at radius 1 is 1.00 bits per heavy atom. The summed E-state index contributed by atoms with van der Waals surface area (Å²) in [6, 6.07) is 5.92. The topological polar surface area (TPSA) is 73.0 Å². The number of aromatic nitrogens is 4. The Bertz CT molecular complexity index is 1030. The number of aliphatic hydroxyl groups is 1. The lowest BCUT2D eigenvalue weighted by molar-refractivity contribution is 0.208. The largest absolute Gasteiger partial charge is 0.396 e. The molecular weight excluding hydrogens is 414 g/mol. The minimum atomic E-state index is 0.246. The third-order valence-electron chi connectivity index (χ3n) is 6.29. The van der Waals surface area contributed by atoms with Gasteiger partial charge in [0.1, 0.15) is 23.6 Å². The molecule has 1 atom stereocenters. The van der Waals surface area contributed by atoms with E-state index in [4.69, 9.17) is 16.6 Å². The van der Waals surface area contributed by atoms with Crippen LogP contribution in [0, 0.1) is 5.92 Å². The van der Waals surface area contributed by atoms with Gasteiger partial charge in [-0.25, -0.2) is 15.0 Å². The summed E-state index contributed by atoms with van der Waals surface area (Å²) in [6.45, 7) is 6.71. The van der Waals surface area contributed by atoms with Crippen LogP contribution in [0.3, 0.4) is 0 Å². The number of nitrogens with zero attached hydrogens (tertiary/aromatic N) is 7. The van der Waals surface area contributed by atoms with Crippen molar-refractivity contribution in [3.8, 4) is 0 Å². The molecule has 0 radical (unpaired) electrons. The molecule has 0 bridgehead atoms. The van der Waals surface area contributed by atoms with Gasteiger partial charge in [-0.1, -0.05) is 11.6 Å². The maximum absolute atomic E-state index is 9.51. The summed E-state index contributed by atoms with van der Waals surface area (Å²) in [5.41, 5.74) is 1.98. The van der Waals surface area contributed by atoms with Gasteiger partial charge in [0, 0.05) is 70.9 Å². The van der Waals surface area contributed by atoms with Crippen molar-refractivity contribution in [1.82, 2.24) is 24.3 Å². The van der Waals surface area contributed by atoms with Crippen molar-refractivity contribution in [3.05, 3.63) is 47.6 Å². The number of halogens is 1. The Kier molecular flexibility index (Phi) is 5.93. The van der Waals surface area contributed by atoms with Crippen LogP contribution in [-0.4, -0.2) is 75.2 Å². The van der Waals surface area contributed by atoms with E-state index in [1.807, 2.05) is 22.7 Å². The van der Waals surface area contributed by atoms with Gasteiger partial charge in [-0.2, -0.15) is 0 Å². The van der Waals surface area contributed by atoms with Crippen LogP contribution < -0.4 is 9.80 Å². The zero-order chi connectivity index (χ0) is 21.2. The third kappa shape index (κ3) is 4.61. The first-order valence-corrected chi connectivity index (χ1v) is 11.3. The number of pyridine rings is 1. The fourth-order valence-electron chi connectivity index (χ4n) is 4.56. The number of hydrogen-bond acceptors (Lipinski definition) is 7. The quantitative estimate of drug-likeness (QED) is 0.651. The molecule has 1 unspecified atom stereocenters. The highest BCUT2D eigenvalue weighted by molar-refractivity contribution is 6.30. The van der Waals surface area contributed by atoms with E-state index >= 15 is 0 Å². The molecule has 3 aromatic heterocycles. The molecule has 5 heterocycles. The molecule has 0 spiro atoms. The summed E-state index contributed by atoms with van der Waals surface area (Å²) in [5.74, 6) is 2.29. The van der Waals surface area contributed by atoms with Crippen LogP contribution in [0.1, 0.15) is 18.5 Å². The number of fused-ring (bicyclic) bond motifs is 1. The molecule has 8 nitrogen and oxygen atoms in total. The highest BCUT2D eigenvalue weighted by Gasteiger charge is 2.23. The van der Waals surface area contributed by atoms with Gasteiger partial charge in [0.05, 0.1) is 10.7 Å². The summed E-state index contributed by atoms with van der Waals surface area (Å²) >= 11 is 6.08. The Balaban J connectivity index is 1.20. The Morgan fingerprint density at radius 3 is 2.61 bits per heavy atom. The molecule has 2 fully saturated rings. The summed E-state index contributed by atoms with van der Waals surface area (Å²) in [4.78, 5) is 20.8. The average molecular weight is 442 g/mol. The predicted molar refractivity (Wildman–Crippen MR) is 122 cm³/mol. The van der Waals surface area contributed by atoms with Crippen molar-refractivity contribution in [1.29, 1.82) is 0 Å². The first kappa shape index (κ1) is 20.5. The summed E-state index contributed by atoms with van der Waals surface area (Å²) in [7, 11) is 0. The predicted octanol–water partition coefficient (Wildman–Crippen LogP) is 2.31. The van der Waals surface area contributed by atoms with Gasteiger partial charge in [-0.15, -0.1) is 0 Å². The van der Waals surface area contributed by atoms with Crippen LogP contribution in [0.2, 0.25) is 5.02 Å². The molecule has 0 saturated carbocycles. The van der Waals surface area contributed by atoms with E-state index in [9.17, 15) is 5.11 Å². The van der Waals surface area contributed by atoms with Crippen molar-refractivity contribution in [2.24, 2.45) is 5.92 Å². The molecule has 2 saturated heterocycles. The Labute approximate surface area is 187 Å². The summed E-state index contributed by atoms with van der Waals surface area (Å²) in [6.07, 6.45) is 7.80. The Morgan fingerprint density at radius 2 is 1.81 bits per heavy atom. The fraction of sp³-hybridized carbons (Fsp3) is 0.500. The monoisotopic (exact) mass is 441 g/mol. The van der Waals surface area contributed by atoms with E-state index in [0.29, 0.717) is 10.9 Å². The SMILES string of the molecule is OCC1CCCN(c2cc(N3CCN(Cc4cn5cc(Cl)ccc5n4)CC3)ncn2)C1. The number of imidazole rings is 1. The molecule has 2 aliphatic heterocycles. The number of hydrogen-bond donors (Lipinski definition) is 1. The van der Waals surface area contributed by atoms with E-state index in [2.05, 4.69) is 36.9 Å². The minimum absolute atomic E-state index is 0.246. The van der Waals surface area contributed by atoms with Crippen LogP contribution in [0.25, 0.3) is 5.65 Å². The zero-order valence-corrected chi connectivity index (χ0v) is 18.3. The van der Waals surface area contributed by atoms with Gasteiger partial charge in [-0.05, 0) is 30.9 Å². The van der Waals surface area contributed by atoms with Crippen LogP contribution in [0.4, 0.5) is 11.6 Å². The maximum Gasteiger partial charge on any atom is 0.137 e. The average Bonchev–Trinajstić information content (AvgIpc) is 3.21. The first-order chi connectivity index (χ1) is 15.2. The van der Waals surface area contributed by atoms with E-state index in [1.54, 1.807) is 6.33 Å². The van der Waals surface area contributed by atoms with Gasteiger partial charge >= 0.3 is 0 Å². The smallest absolute Gasteiger partial charge is 0.137 e. The van der Waals surface area contributed by atoms with Crippen molar-refractivity contribution in [2.45, 2.75) is 19.4 Å². The highest BCUT2D eigenvalue weighted by atomic mass is 35.5. The molecule has 5 rings (SSSR count). The van der Waals surface area contributed by atoms with Crippen molar-refractivity contribution in [2.75, 3.05) is 55.7 Å². The van der Waals surface area contributed by atoms with E-state index in [1.165, 1.54) is 0 Å². The maximum atomic E-state index is 9.51. The second kappa shape index (κ2) is 8.98. The van der Waals surface area contributed by atoms with Gasteiger partial charge < -0.3 is 19.3 Å². The van der Waals surface area contributed by atoms with Crippen LogP contribution in [-0.2, 0) is 6.54 Å². The fourth-order valence-corrected chi connectivity index (χ4v) is 4.73. The molecule has 0 aromatic carbocycles. The molecule has 3 aromatic rings. The number of rotatable bonds is 5. The highest BCUT2D eigenvalue weighted by Crippen LogP contribution is 2.24. The normalized spacial score (nSPS) is 20.5. The van der Waals surface area contributed by atoms with E-state index < -0.39 is 0 Å². The van der Waals surface area contributed by atoms with Crippen LogP contribution in [0.5, 0.6) is 0 Å². The second-order valence-corrected chi connectivity index (χ2v) is 8.92. The van der Waals surface area contributed by atoms with E-state index in [0.717, 1.165) is 81.6 Å². The number of piperazine rings is 1. The van der Waals surface area contributed by atoms with Crippen LogP contribution >= 0.6 is 11.6 Å².